The zero-order valence-electron chi connectivity index (χ0n) is 19.1. The van der Waals surface area contributed by atoms with Gasteiger partial charge in [-0.2, -0.15) is 4.31 Å². The molecule has 0 aromatic heterocycles. The van der Waals surface area contributed by atoms with Gasteiger partial charge in [0.15, 0.2) is 0 Å². The minimum absolute atomic E-state index is 0.0583. The normalized spacial score (nSPS) is 15.7. The highest BCUT2D eigenvalue weighted by Crippen LogP contribution is 2.34. The van der Waals surface area contributed by atoms with Crippen molar-refractivity contribution in [3.05, 3.63) is 89.2 Å². The van der Waals surface area contributed by atoms with Crippen molar-refractivity contribution in [2.75, 3.05) is 17.4 Å². The molecule has 0 radical (unpaired) electrons. The molecule has 0 unspecified atom stereocenters. The van der Waals surface area contributed by atoms with Crippen LogP contribution in [-0.2, 0) is 26.5 Å². The molecule has 6 nitrogen and oxygen atoms in total. The van der Waals surface area contributed by atoms with E-state index in [1.807, 2.05) is 6.92 Å². The van der Waals surface area contributed by atoms with Crippen molar-refractivity contribution in [3.8, 4) is 0 Å². The molecule has 186 valence electrons. The van der Waals surface area contributed by atoms with Crippen LogP contribution in [0.25, 0.3) is 0 Å². The Balaban J connectivity index is 1.63. The summed E-state index contributed by atoms with van der Waals surface area (Å²) in [5.74, 6) is -0.487. The van der Waals surface area contributed by atoms with E-state index in [-0.39, 0.29) is 40.7 Å². The van der Waals surface area contributed by atoms with Gasteiger partial charge >= 0.3 is 0 Å². The molecule has 1 fully saturated rings. The Hall–Kier alpha value is -2.46. The zero-order valence-corrected chi connectivity index (χ0v) is 21.5. The second-order valence-corrected chi connectivity index (χ2v) is 12.5. The summed E-state index contributed by atoms with van der Waals surface area (Å²) in [6.45, 7) is 2.30. The van der Waals surface area contributed by atoms with Crippen LogP contribution >= 0.6 is 11.6 Å². The van der Waals surface area contributed by atoms with Gasteiger partial charge in [-0.05, 0) is 73.4 Å². The third-order valence-electron chi connectivity index (χ3n) is 6.18. The van der Waals surface area contributed by atoms with Crippen LogP contribution in [0.15, 0.2) is 82.6 Å². The van der Waals surface area contributed by atoms with Crippen LogP contribution in [0.3, 0.4) is 0 Å². The molecule has 0 saturated carbocycles. The maximum Gasteiger partial charge on any atom is 0.266 e. The highest BCUT2D eigenvalue weighted by Gasteiger charge is 2.37. The van der Waals surface area contributed by atoms with Gasteiger partial charge in [-0.3, -0.25) is 4.31 Å². The van der Waals surface area contributed by atoms with Crippen molar-refractivity contribution < 1.29 is 21.2 Å². The summed E-state index contributed by atoms with van der Waals surface area (Å²) in [4.78, 5) is 0.157. The van der Waals surface area contributed by atoms with E-state index >= 15 is 0 Å². The lowest BCUT2D eigenvalue weighted by Gasteiger charge is -2.38. The van der Waals surface area contributed by atoms with Crippen molar-refractivity contribution in [1.29, 1.82) is 0 Å². The van der Waals surface area contributed by atoms with Crippen molar-refractivity contribution >= 4 is 37.3 Å². The van der Waals surface area contributed by atoms with Crippen molar-refractivity contribution in [1.82, 2.24) is 4.31 Å². The average Bonchev–Trinajstić information content (AvgIpc) is 2.86. The number of piperidine rings is 1. The Kier molecular flexibility index (Phi) is 7.51. The van der Waals surface area contributed by atoms with E-state index in [0.29, 0.717) is 5.69 Å². The van der Waals surface area contributed by atoms with Crippen LogP contribution in [0.2, 0.25) is 5.02 Å². The van der Waals surface area contributed by atoms with E-state index in [1.165, 1.54) is 45.0 Å². The predicted octanol–water partition coefficient (Wildman–Crippen LogP) is 5.09. The van der Waals surface area contributed by atoms with E-state index in [2.05, 4.69) is 0 Å². The maximum absolute atomic E-state index is 13.7. The first-order chi connectivity index (χ1) is 16.6. The van der Waals surface area contributed by atoms with Gasteiger partial charge in [0.2, 0.25) is 10.0 Å². The molecule has 0 amide bonds. The lowest BCUT2D eigenvalue weighted by molar-refractivity contribution is 0.320. The largest absolute Gasteiger partial charge is 0.266 e. The number of rotatable bonds is 7. The smallest absolute Gasteiger partial charge is 0.263 e. The highest BCUT2D eigenvalue weighted by atomic mass is 35.5. The number of nitrogens with zero attached hydrogens (tertiary/aromatic N) is 2. The first-order valence-electron chi connectivity index (χ1n) is 11.3. The lowest BCUT2D eigenvalue weighted by atomic mass is 10.1. The summed E-state index contributed by atoms with van der Waals surface area (Å²) in [6, 6.07) is 17.6. The van der Waals surface area contributed by atoms with Crippen LogP contribution in [0.1, 0.15) is 25.3 Å². The number of hydrogen-bond acceptors (Lipinski definition) is 4. The second-order valence-electron chi connectivity index (χ2n) is 8.34. The molecule has 1 aliphatic rings. The fourth-order valence-electron chi connectivity index (χ4n) is 4.26. The summed E-state index contributed by atoms with van der Waals surface area (Å²) in [7, 11) is -7.81. The topological polar surface area (TPSA) is 74.8 Å². The molecule has 0 spiro atoms. The number of aryl methyl sites for hydroxylation is 1. The van der Waals surface area contributed by atoms with Gasteiger partial charge in [0.25, 0.3) is 10.0 Å². The SMILES string of the molecule is CCc1ccc(S(=O)(=O)N2CCC(N(c3ccc(F)cc3)S(=O)(=O)c3ccccc3Cl)CC2)cc1. The fourth-order valence-corrected chi connectivity index (χ4v) is 7.93. The number of halogens is 2. The molecule has 0 bridgehead atoms. The lowest BCUT2D eigenvalue weighted by Crippen LogP contribution is -2.49. The summed E-state index contributed by atoms with van der Waals surface area (Å²) in [5.41, 5.74) is 1.34. The van der Waals surface area contributed by atoms with E-state index in [4.69, 9.17) is 11.6 Å². The molecular formula is C25H26ClFN2O4S2. The monoisotopic (exact) mass is 536 g/mol. The van der Waals surface area contributed by atoms with Crippen molar-refractivity contribution in [3.63, 3.8) is 0 Å². The molecule has 3 aromatic carbocycles. The van der Waals surface area contributed by atoms with Gasteiger partial charge < -0.3 is 0 Å². The Morgan fingerprint density at radius 2 is 1.51 bits per heavy atom. The molecule has 10 heteroatoms. The number of benzene rings is 3. The van der Waals surface area contributed by atoms with Crippen LogP contribution in [0.4, 0.5) is 10.1 Å². The molecule has 0 atom stereocenters. The third-order valence-corrected chi connectivity index (χ3v) is 10.5. The van der Waals surface area contributed by atoms with E-state index in [1.54, 1.807) is 36.4 Å². The average molecular weight is 537 g/mol. The number of anilines is 1. The van der Waals surface area contributed by atoms with E-state index in [0.717, 1.165) is 12.0 Å². The summed E-state index contributed by atoms with van der Waals surface area (Å²) in [5, 5.41) is 0.0788. The van der Waals surface area contributed by atoms with E-state index in [9.17, 15) is 21.2 Å². The van der Waals surface area contributed by atoms with Crippen molar-refractivity contribution in [2.24, 2.45) is 0 Å². The summed E-state index contributed by atoms with van der Waals surface area (Å²) in [6.07, 6.45) is 1.35. The second kappa shape index (κ2) is 10.3. The Labute approximate surface area is 211 Å². The Bertz CT molecular complexity index is 1390. The van der Waals surface area contributed by atoms with Crippen molar-refractivity contribution in [2.45, 2.75) is 42.0 Å². The van der Waals surface area contributed by atoms with Gasteiger partial charge in [0.1, 0.15) is 10.7 Å². The summed E-state index contributed by atoms with van der Waals surface area (Å²) >= 11 is 6.22. The maximum atomic E-state index is 13.7. The van der Waals surface area contributed by atoms with Gasteiger partial charge in [0, 0.05) is 19.1 Å². The molecule has 0 aliphatic carbocycles. The standard InChI is InChI=1S/C25H26ClFN2O4S2/c1-2-19-7-13-23(14-8-19)34(30,31)28-17-15-22(16-18-28)29(21-11-9-20(27)10-12-21)35(32,33)25-6-4-3-5-24(25)26/h3-14,22H,2,15-18H2,1H3. The third kappa shape index (κ3) is 5.23. The predicted molar refractivity (Wildman–Crippen MR) is 135 cm³/mol. The van der Waals surface area contributed by atoms with Gasteiger partial charge in [0.05, 0.1) is 15.6 Å². The fraction of sp³-hybridized carbons (Fsp3) is 0.280. The molecule has 0 N–H and O–H groups in total. The first kappa shape index (κ1) is 25.6. The molecule has 35 heavy (non-hydrogen) atoms. The zero-order chi connectivity index (χ0) is 25.2. The molecule has 1 saturated heterocycles. The molecular weight excluding hydrogens is 511 g/mol. The minimum Gasteiger partial charge on any atom is -0.263 e. The Morgan fingerprint density at radius 3 is 2.09 bits per heavy atom. The van der Waals surface area contributed by atoms with Crippen LogP contribution < -0.4 is 4.31 Å². The highest BCUT2D eigenvalue weighted by molar-refractivity contribution is 7.93. The number of hydrogen-bond donors (Lipinski definition) is 0. The molecule has 3 aromatic rings. The first-order valence-corrected chi connectivity index (χ1v) is 14.5. The molecule has 4 rings (SSSR count). The van der Waals surface area contributed by atoms with Gasteiger partial charge in [-0.25, -0.2) is 21.2 Å². The van der Waals surface area contributed by atoms with E-state index < -0.39 is 31.9 Å². The molecule has 1 aliphatic heterocycles. The Morgan fingerprint density at radius 1 is 0.914 bits per heavy atom. The van der Waals surface area contributed by atoms with Crippen LogP contribution in [0.5, 0.6) is 0 Å². The molecule has 1 heterocycles. The van der Waals surface area contributed by atoms with Crippen LogP contribution in [-0.4, -0.2) is 40.3 Å². The van der Waals surface area contributed by atoms with Crippen LogP contribution in [0, 0.1) is 5.82 Å². The van der Waals surface area contributed by atoms with Gasteiger partial charge in [-0.15, -0.1) is 0 Å². The summed E-state index contributed by atoms with van der Waals surface area (Å²) < 4.78 is 70.0. The van der Waals surface area contributed by atoms with Gasteiger partial charge in [-0.1, -0.05) is 42.8 Å². The minimum atomic E-state index is -4.10. The number of sulfonamides is 2. The quantitative estimate of drug-likeness (QED) is 0.421.